The van der Waals surface area contributed by atoms with E-state index in [0.29, 0.717) is 34.5 Å². The smallest absolute Gasteiger partial charge is 0.339 e. The number of nitrogens with zero attached hydrogens (tertiary/aromatic N) is 2. The van der Waals surface area contributed by atoms with Gasteiger partial charge in [0.2, 0.25) is 5.91 Å². The number of hydrogen-bond donors (Lipinski definition) is 1. The molecule has 0 unspecified atom stereocenters. The maximum absolute atomic E-state index is 13.0. The second-order valence-corrected chi connectivity index (χ2v) is 7.76. The van der Waals surface area contributed by atoms with Gasteiger partial charge >= 0.3 is 23.8 Å². The zero-order valence-electron chi connectivity index (χ0n) is 20.2. The van der Waals surface area contributed by atoms with E-state index in [1.807, 2.05) is 13.8 Å². The fraction of sp³-hybridized carbons (Fsp3) is 0.320. The number of carbonyl (C=O) groups is 5. The monoisotopic (exact) mass is 497 g/mol. The molecule has 36 heavy (non-hydrogen) atoms. The van der Waals surface area contributed by atoms with Crippen molar-refractivity contribution in [2.24, 2.45) is 0 Å². The summed E-state index contributed by atoms with van der Waals surface area (Å²) in [7, 11) is 1.23. The Hall–Kier alpha value is -4.41. The third kappa shape index (κ3) is 5.80. The highest BCUT2D eigenvalue weighted by Gasteiger charge is 2.46. The van der Waals surface area contributed by atoms with Crippen LogP contribution >= 0.6 is 0 Å². The average Bonchev–Trinajstić information content (AvgIpc) is 3.08. The Morgan fingerprint density at radius 3 is 2.25 bits per heavy atom. The highest BCUT2D eigenvalue weighted by molar-refractivity contribution is 6.53. The minimum absolute atomic E-state index is 0.113. The summed E-state index contributed by atoms with van der Waals surface area (Å²) in [6, 6.07) is 9.45. The van der Waals surface area contributed by atoms with Crippen LogP contribution in [-0.2, 0) is 19.1 Å². The Morgan fingerprint density at radius 2 is 1.58 bits per heavy atom. The fourth-order valence-corrected chi connectivity index (χ4v) is 3.35. The van der Waals surface area contributed by atoms with Crippen LogP contribution in [0.4, 0.5) is 16.2 Å². The summed E-state index contributed by atoms with van der Waals surface area (Å²) in [5.41, 5.74) is 0.574. The molecule has 1 N–H and O–H groups in total. The van der Waals surface area contributed by atoms with Crippen LogP contribution in [0, 0.1) is 0 Å². The van der Waals surface area contributed by atoms with Gasteiger partial charge in [-0.2, -0.15) is 0 Å². The van der Waals surface area contributed by atoms with Crippen molar-refractivity contribution >= 4 is 41.1 Å². The minimum Gasteiger partial charge on any atom is -0.490 e. The van der Waals surface area contributed by atoms with Crippen LogP contribution in [0.2, 0.25) is 0 Å². The molecule has 1 heterocycles. The molecule has 1 saturated heterocycles. The van der Waals surface area contributed by atoms with E-state index >= 15 is 0 Å². The molecule has 5 amide bonds. The standard InChI is InChI=1S/C25H27N3O8/c1-4-11-35-19-10-9-18(14-20(19)36-12-5-2)28-23(31)22(30)27(25(28)33)15-21(29)26-17-8-6-7-16(13-17)24(32)34-3/h6-10,13-14H,4-5,11-12,15H2,1-3H3,(H,26,29). The molecule has 0 aliphatic carbocycles. The number of carbonyl (C=O) groups excluding carboxylic acids is 5. The van der Waals surface area contributed by atoms with Crippen LogP contribution in [0.5, 0.6) is 11.5 Å². The van der Waals surface area contributed by atoms with E-state index in [2.05, 4.69) is 10.1 Å². The van der Waals surface area contributed by atoms with Crippen molar-refractivity contribution in [3.8, 4) is 11.5 Å². The zero-order valence-corrected chi connectivity index (χ0v) is 20.2. The number of hydrogen-bond acceptors (Lipinski definition) is 8. The lowest BCUT2D eigenvalue weighted by Crippen LogP contribution is -2.39. The number of ether oxygens (including phenoxy) is 3. The van der Waals surface area contributed by atoms with Gasteiger partial charge in [-0.3, -0.25) is 14.4 Å². The van der Waals surface area contributed by atoms with Crippen LogP contribution in [0.1, 0.15) is 37.0 Å². The number of amides is 5. The lowest BCUT2D eigenvalue weighted by Gasteiger charge is -2.18. The van der Waals surface area contributed by atoms with Gasteiger partial charge in [0.25, 0.3) is 0 Å². The van der Waals surface area contributed by atoms with Crippen molar-refractivity contribution in [3.05, 3.63) is 48.0 Å². The number of benzene rings is 2. The van der Waals surface area contributed by atoms with Crippen LogP contribution in [0.15, 0.2) is 42.5 Å². The first-order chi connectivity index (χ1) is 17.3. The first-order valence-corrected chi connectivity index (χ1v) is 11.4. The van der Waals surface area contributed by atoms with Crippen molar-refractivity contribution in [1.29, 1.82) is 0 Å². The number of methoxy groups -OCH3 is 1. The third-order valence-electron chi connectivity index (χ3n) is 5.03. The topological polar surface area (TPSA) is 132 Å². The molecule has 0 atom stereocenters. The number of rotatable bonds is 11. The number of urea groups is 1. The summed E-state index contributed by atoms with van der Waals surface area (Å²) in [6.07, 6.45) is 1.50. The predicted octanol–water partition coefficient (Wildman–Crippen LogP) is 2.98. The molecule has 190 valence electrons. The molecule has 0 saturated carbocycles. The number of imide groups is 2. The molecule has 0 radical (unpaired) electrons. The van der Waals surface area contributed by atoms with Gasteiger partial charge in [-0.25, -0.2) is 19.4 Å². The van der Waals surface area contributed by atoms with Gasteiger partial charge in [0.05, 0.1) is 31.6 Å². The zero-order chi connectivity index (χ0) is 26.2. The quantitative estimate of drug-likeness (QED) is 0.285. The normalized spacial score (nSPS) is 13.1. The van der Waals surface area contributed by atoms with Gasteiger partial charge in [0.15, 0.2) is 11.5 Å². The Kier molecular flexibility index (Phi) is 8.61. The molecular weight excluding hydrogens is 470 g/mol. The molecule has 11 heteroatoms. The van der Waals surface area contributed by atoms with E-state index in [9.17, 15) is 24.0 Å². The molecule has 0 bridgehead atoms. The van der Waals surface area contributed by atoms with Crippen LogP contribution in [0.25, 0.3) is 0 Å². The molecule has 1 aliphatic heterocycles. The summed E-state index contributed by atoms with van der Waals surface area (Å²) < 4.78 is 16.0. The third-order valence-corrected chi connectivity index (χ3v) is 5.03. The van der Waals surface area contributed by atoms with E-state index in [-0.39, 0.29) is 16.9 Å². The van der Waals surface area contributed by atoms with Crippen LogP contribution < -0.4 is 19.7 Å². The van der Waals surface area contributed by atoms with E-state index < -0.39 is 36.3 Å². The SMILES string of the molecule is CCCOc1ccc(N2C(=O)C(=O)N(CC(=O)Nc3cccc(C(=O)OC)c3)C2=O)cc1OCCC. The highest BCUT2D eigenvalue weighted by Crippen LogP contribution is 2.34. The van der Waals surface area contributed by atoms with Gasteiger partial charge in [-0.1, -0.05) is 19.9 Å². The predicted molar refractivity (Wildman–Crippen MR) is 129 cm³/mol. The van der Waals surface area contributed by atoms with Crippen LogP contribution in [0.3, 0.4) is 0 Å². The van der Waals surface area contributed by atoms with Crippen molar-refractivity contribution in [2.45, 2.75) is 26.7 Å². The molecule has 1 aliphatic rings. The Labute approximate surface area is 207 Å². The molecule has 11 nitrogen and oxygen atoms in total. The number of anilines is 2. The summed E-state index contributed by atoms with van der Waals surface area (Å²) in [4.78, 5) is 63.7. The van der Waals surface area contributed by atoms with Gasteiger partial charge in [0.1, 0.15) is 6.54 Å². The Balaban J connectivity index is 1.77. The average molecular weight is 498 g/mol. The maximum atomic E-state index is 13.0. The first kappa shape index (κ1) is 26.2. The van der Waals surface area contributed by atoms with Crippen LogP contribution in [-0.4, -0.2) is 61.5 Å². The second-order valence-electron chi connectivity index (χ2n) is 7.76. The molecule has 0 spiro atoms. The summed E-state index contributed by atoms with van der Waals surface area (Å²) >= 11 is 0. The minimum atomic E-state index is -1.14. The van der Waals surface area contributed by atoms with Crippen molar-refractivity contribution in [3.63, 3.8) is 0 Å². The van der Waals surface area contributed by atoms with Gasteiger partial charge in [0, 0.05) is 11.8 Å². The Morgan fingerprint density at radius 1 is 0.889 bits per heavy atom. The summed E-state index contributed by atoms with van der Waals surface area (Å²) in [5, 5.41) is 2.50. The molecular formula is C25H27N3O8. The lowest BCUT2D eigenvalue weighted by molar-refractivity contribution is -0.140. The molecule has 1 fully saturated rings. The number of esters is 1. The highest BCUT2D eigenvalue weighted by atomic mass is 16.5. The summed E-state index contributed by atoms with van der Waals surface area (Å²) in [6.45, 7) is 4.02. The van der Waals surface area contributed by atoms with E-state index in [0.717, 1.165) is 12.8 Å². The van der Waals surface area contributed by atoms with Crippen molar-refractivity contribution < 1.29 is 38.2 Å². The largest absolute Gasteiger partial charge is 0.490 e. The number of nitrogens with one attached hydrogen (secondary N) is 1. The van der Waals surface area contributed by atoms with Crippen molar-refractivity contribution in [1.82, 2.24) is 4.90 Å². The molecule has 2 aromatic carbocycles. The Bertz CT molecular complexity index is 1180. The maximum Gasteiger partial charge on any atom is 0.339 e. The fourth-order valence-electron chi connectivity index (χ4n) is 3.35. The van der Waals surface area contributed by atoms with Crippen molar-refractivity contribution in [2.75, 3.05) is 37.1 Å². The first-order valence-electron chi connectivity index (χ1n) is 11.4. The van der Waals surface area contributed by atoms with Gasteiger partial charge < -0.3 is 19.5 Å². The summed E-state index contributed by atoms with van der Waals surface area (Å²) in [5.74, 6) is -2.78. The van der Waals surface area contributed by atoms with Gasteiger partial charge in [-0.15, -0.1) is 0 Å². The molecule has 0 aromatic heterocycles. The second kappa shape index (κ2) is 11.8. The van der Waals surface area contributed by atoms with E-state index in [4.69, 9.17) is 9.47 Å². The van der Waals surface area contributed by atoms with Gasteiger partial charge in [-0.05, 0) is 43.2 Å². The van der Waals surface area contributed by atoms with E-state index in [1.54, 1.807) is 6.07 Å². The lowest BCUT2D eigenvalue weighted by atomic mass is 10.2. The molecule has 2 aromatic rings. The molecule has 3 rings (SSSR count). The van der Waals surface area contributed by atoms with E-state index in [1.165, 1.54) is 43.5 Å².